The number of allylic oxidation sites excluding steroid dienone is 1. The van der Waals surface area contributed by atoms with Crippen molar-refractivity contribution in [1.29, 1.82) is 0 Å². The van der Waals surface area contributed by atoms with E-state index in [0.29, 0.717) is 39.8 Å². The second-order valence-corrected chi connectivity index (χ2v) is 38.1. The van der Waals surface area contributed by atoms with Crippen molar-refractivity contribution in [1.82, 2.24) is 10.5 Å². The van der Waals surface area contributed by atoms with Crippen molar-refractivity contribution >= 4 is 128 Å². The molecule has 8 heterocycles. The first kappa shape index (κ1) is 59.9. The molecule has 16 atom stereocenters. The molecule has 7 fully saturated rings. The Morgan fingerprint density at radius 2 is 1.33 bits per heavy atom. The van der Waals surface area contributed by atoms with Gasteiger partial charge in [-0.1, -0.05) is 180 Å². The van der Waals surface area contributed by atoms with Crippen molar-refractivity contribution in [3.8, 4) is 9.75 Å². The van der Waals surface area contributed by atoms with Crippen molar-refractivity contribution in [2.45, 2.75) is 207 Å². The van der Waals surface area contributed by atoms with Gasteiger partial charge in [0, 0.05) is 69.4 Å². The van der Waals surface area contributed by atoms with Crippen LogP contribution in [0.3, 0.4) is 0 Å². The lowest BCUT2D eigenvalue weighted by molar-refractivity contribution is 0.0493. The van der Waals surface area contributed by atoms with Crippen LogP contribution in [0.2, 0.25) is 0 Å². The number of rotatable bonds is 17. The largest absolute Gasteiger partial charge is 0.406 e. The highest BCUT2D eigenvalue weighted by atomic mass is 32.2. The smallest absolute Gasteiger partial charge is 0.403 e. The highest BCUT2D eigenvalue weighted by Gasteiger charge is 2.71. The first-order valence-electron chi connectivity index (χ1n) is 34.0. The predicted octanol–water partition coefficient (Wildman–Crippen LogP) is 18.7. The van der Waals surface area contributed by atoms with Crippen LogP contribution in [-0.4, -0.2) is 63.3 Å². The lowest BCUT2D eigenvalue weighted by atomic mass is 9.53. The molecule has 0 radical (unpaired) electrons. The molecule has 12 heteroatoms. The van der Waals surface area contributed by atoms with Crippen molar-refractivity contribution < 1.29 is 0 Å². The van der Waals surface area contributed by atoms with Crippen LogP contribution in [0.15, 0.2) is 109 Å². The number of hydrogen-bond acceptors (Lipinski definition) is 10. The van der Waals surface area contributed by atoms with Gasteiger partial charge in [-0.2, -0.15) is 35.3 Å². The Kier molecular flexibility index (Phi) is 15.6. The average Bonchev–Trinajstić information content (AvgIpc) is 1.52. The van der Waals surface area contributed by atoms with E-state index >= 15 is 0 Å². The number of benzene rings is 4. The van der Waals surface area contributed by atoms with E-state index in [1.54, 1.807) is 15.3 Å². The molecule has 0 bridgehead atoms. The third-order valence-corrected chi connectivity index (χ3v) is 36.1. The van der Waals surface area contributed by atoms with Crippen LogP contribution in [0.1, 0.15) is 163 Å². The minimum atomic E-state index is 0.0350. The molecule has 0 spiro atoms. The Bertz CT molecular complexity index is 3570. The Balaban J connectivity index is 0.724. The average molecular weight is 1260 g/mol. The summed E-state index contributed by atoms with van der Waals surface area (Å²) in [5.41, 5.74) is 8.02. The van der Waals surface area contributed by atoms with Gasteiger partial charge >= 0.3 is 14.0 Å². The standard InChI is InChI=1S/C74H96B2N4S6/c1-13-71(11,14-2)50-28-27-49-40-74(49,81-41-50)69-64-63(79-76(80-64)52-30-26-45-22-18-20-24-47(45)36-52)68(86-69)55-32-34-57(83-55)72(12,15-3)73(16-4,43(7)8)58-38-48-37-53-59(65(48)84-58)60-61-62(78-75(77-61)51-29-25-44-21-17-19-23-46(44)35-51)67(85-66(53)60)54-31-33-56(82-54)70(9,10)39-42(5)6/h17-26,28-30,32,34-36,42-43,48-49,53-54,56,58-62,65-67,77-80H,13-16,27,31,33,37-41H2,1-12H3/t48-,49?,53?,54?,56?,58?,59?,60?,61?,62?,65?,66-,67?,72?,73?,74?/m1/s1. The summed E-state index contributed by atoms with van der Waals surface area (Å²) in [6, 6.07) is 38.4. The summed E-state index contributed by atoms with van der Waals surface area (Å²) in [4.78, 5) is 6.12. The van der Waals surface area contributed by atoms with E-state index in [9.17, 15) is 0 Å². The second-order valence-electron chi connectivity index (χ2n) is 30.5. The summed E-state index contributed by atoms with van der Waals surface area (Å²) in [6.45, 7) is 30.7. The summed E-state index contributed by atoms with van der Waals surface area (Å²) < 4.78 is 0.163. The van der Waals surface area contributed by atoms with E-state index in [0.717, 1.165) is 62.8 Å². The maximum absolute atomic E-state index is 4.48. The number of thioether (sulfide) groups is 4. The lowest BCUT2D eigenvalue weighted by Gasteiger charge is -2.60. The summed E-state index contributed by atoms with van der Waals surface area (Å²) in [6.07, 6.45) is 16.9. The third-order valence-electron chi connectivity index (χ3n) is 25.3. The minimum absolute atomic E-state index is 0.0350. The van der Waals surface area contributed by atoms with Gasteiger partial charge < -0.3 is 20.9 Å². The molecule has 2 aromatic heterocycles. The Labute approximate surface area is 543 Å². The predicted molar refractivity (Wildman–Crippen MR) is 387 cm³/mol. The fraction of sp³-hybridized carbons (Fsp3) is 0.595. The maximum atomic E-state index is 4.48. The summed E-state index contributed by atoms with van der Waals surface area (Å²) in [7, 11) is 0. The van der Waals surface area contributed by atoms with Crippen LogP contribution in [0.4, 0.5) is 11.4 Å². The van der Waals surface area contributed by atoms with Crippen molar-refractivity contribution in [3.05, 3.63) is 118 Å². The van der Waals surface area contributed by atoms with Crippen LogP contribution in [0.25, 0.3) is 31.3 Å². The topological polar surface area (TPSA) is 48.1 Å². The number of nitrogens with one attached hydrogen (secondary N) is 4. The number of anilines is 2. The highest BCUT2D eigenvalue weighted by molar-refractivity contribution is 8.04. The van der Waals surface area contributed by atoms with Gasteiger partial charge in [0.1, 0.15) is 0 Å². The van der Waals surface area contributed by atoms with Crippen molar-refractivity contribution in [2.24, 2.45) is 57.7 Å². The molecule has 15 rings (SSSR count). The molecule has 4 aromatic carbocycles. The molecule has 6 aliphatic heterocycles. The monoisotopic (exact) mass is 1250 g/mol. The van der Waals surface area contributed by atoms with Gasteiger partial charge in [-0.15, -0.1) is 34.4 Å². The fourth-order valence-electron chi connectivity index (χ4n) is 20.2. The fourth-order valence-corrected chi connectivity index (χ4v) is 32.0. The van der Waals surface area contributed by atoms with Crippen LogP contribution in [0.5, 0.6) is 0 Å². The lowest BCUT2D eigenvalue weighted by Crippen LogP contribution is -2.66. The van der Waals surface area contributed by atoms with E-state index in [2.05, 4.69) is 277 Å². The number of hydrogen-bond donors (Lipinski definition) is 4. The molecule has 3 aliphatic carbocycles. The summed E-state index contributed by atoms with van der Waals surface area (Å²) >= 11 is 14.0. The molecule has 4 nitrogen and oxygen atoms in total. The maximum Gasteiger partial charge on any atom is 0.406 e. The summed E-state index contributed by atoms with van der Waals surface area (Å²) in [5.74, 6) is 6.35. The van der Waals surface area contributed by atoms with Crippen LogP contribution in [-0.2, 0) is 10.2 Å². The van der Waals surface area contributed by atoms with Crippen molar-refractivity contribution in [2.75, 3.05) is 16.2 Å². The quantitative estimate of drug-likeness (QED) is 0.0532. The molecule has 86 heavy (non-hydrogen) atoms. The molecule has 14 unspecified atom stereocenters. The zero-order valence-corrected chi connectivity index (χ0v) is 58.5. The van der Waals surface area contributed by atoms with E-state index in [-0.39, 0.29) is 35.0 Å². The van der Waals surface area contributed by atoms with E-state index in [4.69, 9.17) is 0 Å². The highest BCUT2D eigenvalue weighted by Crippen LogP contribution is 2.74. The normalized spacial score (nSPS) is 33.3. The molecular weight excluding hydrogens is 1160 g/mol. The van der Waals surface area contributed by atoms with Crippen LogP contribution >= 0.6 is 69.7 Å². The Hall–Kier alpha value is -2.41. The van der Waals surface area contributed by atoms with Crippen LogP contribution < -0.4 is 31.8 Å². The molecule has 9 aliphatic rings. The molecule has 6 aromatic rings. The minimum Gasteiger partial charge on any atom is -0.403 e. The molecule has 0 amide bonds. The Morgan fingerprint density at radius 1 is 0.640 bits per heavy atom. The summed E-state index contributed by atoms with van der Waals surface area (Å²) in [5, 5.41) is 26.9. The SMILES string of the molecule is CCC(C)(CC)C1=CCC2CC2(c2sc(-c3ccc(C(C)(CC)C(CC)(C(C)C)C4C[C@H]5CC6C(C5S4)C4C5NB(c7ccc8ccccc8c7)NC5C(C5CCC(C(C)(C)CC(C)C)S5)S[C@H]64)s3)c3c2NB(c2ccc4ccccc4c2)N3)SC1. The van der Waals surface area contributed by atoms with Crippen molar-refractivity contribution in [3.63, 3.8) is 0 Å². The number of fused-ring (bicyclic) bond motifs is 12. The molecule has 3 saturated carbocycles. The molecule has 4 saturated heterocycles. The van der Waals surface area contributed by atoms with Gasteiger partial charge in [-0.05, 0) is 173 Å². The number of thiophene rings is 2. The van der Waals surface area contributed by atoms with E-state index in [1.807, 2.05) is 0 Å². The zero-order valence-electron chi connectivity index (χ0n) is 53.6. The second kappa shape index (κ2) is 22.4. The van der Waals surface area contributed by atoms with E-state index < -0.39 is 0 Å². The van der Waals surface area contributed by atoms with Gasteiger partial charge in [0.25, 0.3) is 0 Å². The molecular formula is C74H96B2N4S6. The first-order valence-corrected chi connectivity index (χ1v) is 39.5. The van der Waals surface area contributed by atoms with Crippen LogP contribution in [0, 0.1) is 57.7 Å². The first-order chi connectivity index (χ1) is 41.4. The van der Waals surface area contributed by atoms with Gasteiger partial charge in [-0.25, -0.2) is 0 Å². The van der Waals surface area contributed by atoms with Gasteiger partial charge in [-0.3, -0.25) is 0 Å². The molecule has 4 N–H and O–H groups in total. The molecule has 454 valence electrons. The van der Waals surface area contributed by atoms with Gasteiger partial charge in [0.15, 0.2) is 0 Å². The van der Waals surface area contributed by atoms with Gasteiger partial charge in [0.05, 0.1) is 21.0 Å². The van der Waals surface area contributed by atoms with Gasteiger partial charge in [0.2, 0.25) is 0 Å². The third kappa shape index (κ3) is 9.39. The Morgan fingerprint density at radius 3 is 2.00 bits per heavy atom. The zero-order chi connectivity index (χ0) is 59.4. The van der Waals surface area contributed by atoms with E-state index in [1.165, 1.54) is 118 Å².